The molecule has 6 nitrogen and oxygen atoms in total. The van der Waals surface area contributed by atoms with Gasteiger partial charge in [0, 0.05) is 0 Å². The Kier molecular flexibility index (Phi) is 6.84. The molecule has 9 heteroatoms. The molecule has 0 spiro atoms. The molecule has 0 aromatic heterocycles. The Balaban J connectivity index is 1.77. The van der Waals surface area contributed by atoms with Crippen molar-refractivity contribution in [1.82, 2.24) is 4.90 Å². The summed E-state index contributed by atoms with van der Waals surface area (Å²) < 4.78 is 10.2. The molecule has 0 bridgehead atoms. The first-order chi connectivity index (χ1) is 13.9. The Labute approximate surface area is 181 Å². The van der Waals surface area contributed by atoms with Gasteiger partial charge in [-0.2, -0.15) is 0 Å². The number of benzene rings is 2. The number of carbonyl (C=O) groups is 3. The number of ether oxygens (including phenoxy) is 2. The van der Waals surface area contributed by atoms with Crippen molar-refractivity contribution in [1.29, 1.82) is 0 Å². The Hall–Kier alpha value is -2.48. The minimum absolute atomic E-state index is 0.156. The second-order valence-corrected chi connectivity index (χ2v) is 7.74. The van der Waals surface area contributed by atoms with Crippen LogP contribution in [0.3, 0.4) is 0 Å². The normalized spacial score (nSPS) is 15.1. The monoisotopic (exact) mass is 451 g/mol. The number of nitrogens with zero attached hydrogens (tertiary/aromatic N) is 1. The molecule has 2 aromatic rings. The maximum Gasteiger partial charge on any atom is 0.325 e. The molecule has 2 amide bonds. The number of hydrogen-bond acceptors (Lipinski definition) is 6. The van der Waals surface area contributed by atoms with Gasteiger partial charge in [0.25, 0.3) is 11.1 Å². The second kappa shape index (κ2) is 9.35. The Bertz CT molecular complexity index is 971. The van der Waals surface area contributed by atoms with E-state index in [0.29, 0.717) is 17.9 Å². The van der Waals surface area contributed by atoms with Crippen LogP contribution in [0.2, 0.25) is 10.0 Å². The summed E-state index contributed by atoms with van der Waals surface area (Å²) >= 11 is 13.3. The summed E-state index contributed by atoms with van der Waals surface area (Å²) in [5, 5.41) is -0.00593. The topological polar surface area (TPSA) is 72.9 Å². The molecule has 1 heterocycles. The van der Waals surface area contributed by atoms with E-state index < -0.39 is 23.7 Å². The van der Waals surface area contributed by atoms with Gasteiger partial charge in [-0.15, -0.1) is 0 Å². The lowest BCUT2D eigenvalue weighted by molar-refractivity contribution is -0.143. The minimum Gasteiger partial charge on any atom is -0.486 e. The van der Waals surface area contributed by atoms with Gasteiger partial charge in [-0.05, 0) is 41.1 Å². The standard InChI is InChI=1S/C20H15Cl2NO5S/c1-27-17(24)10-23-19(25)16(29-20(23)26)9-13-7-14(21)18(15(22)8-13)28-11-12-5-3-2-4-6-12/h2-9H,10-11H2,1H3/b16-9-. The van der Waals surface area contributed by atoms with Gasteiger partial charge in [-0.1, -0.05) is 53.5 Å². The van der Waals surface area contributed by atoms with Crippen LogP contribution >= 0.6 is 35.0 Å². The van der Waals surface area contributed by atoms with Gasteiger partial charge in [0.15, 0.2) is 5.75 Å². The summed E-state index contributed by atoms with van der Waals surface area (Å²) in [4.78, 5) is 36.7. The maximum atomic E-state index is 12.4. The van der Waals surface area contributed by atoms with Crippen LogP contribution in [0, 0.1) is 0 Å². The van der Waals surface area contributed by atoms with Crippen LogP contribution in [0.5, 0.6) is 5.75 Å². The van der Waals surface area contributed by atoms with E-state index in [1.807, 2.05) is 30.3 Å². The number of esters is 1. The molecular formula is C20H15Cl2NO5S. The third-order valence-electron chi connectivity index (χ3n) is 3.93. The maximum absolute atomic E-state index is 12.4. The highest BCUT2D eigenvalue weighted by molar-refractivity contribution is 8.18. The van der Waals surface area contributed by atoms with E-state index >= 15 is 0 Å². The van der Waals surface area contributed by atoms with Crippen molar-refractivity contribution in [2.75, 3.05) is 13.7 Å². The fraction of sp³-hybridized carbons (Fsp3) is 0.150. The van der Waals surface area contributed by atoms with Gasteiger partial charge >= 0.3 is 5.97 Å². The summed E-state index contributed by atoms with van der Waals surface area (Å²) in [5.74, 6) is -0.935. The smallest absolute Gasteiger partial charge is 0.325 e. The highest BCUT2D eigenvalue weighted by Crippen LogP contribution is 2.37. The van der Waals surface area contributed by atoms with E-state index in [9.17, 15) is 14.4 Å². The molecule has 29 heavy (non-hydrogen) atoms. The van der Waals surface area contributed by atoms with Gasteiger partial charge in [0.1, 0.15) is 13.2 Å². The first-order valence-electron chi connectivity index (χ1n) is 8.37. The molecule has 0 saturated carbocycles. The molecule has 0 radical (unpaired) electrons. The fourth-order valence-corrected chi connectivity index (χ4v) is 3.96. The molecule has 2 aromatic carbocycles. The zero-order valence-electron chi connectivity index (χ0n) is 15.2. The quantitative estimate of drug-likeness (QED) is 0.464. The largest absolute Gasteiger partial charge is 0.486 e. The van der Waals surface area contributed by atoms with E-state index in [1.165, 1.54) is 13.2 Å². The molecule has 1 saturated heterocycles. The van der Waals surface area contributed by atoms with E-state index in [0.717, 1.165) is 22.2 Å². The van der Waals surface area contributed by atoms with Gasteiger partial charge in [0.2, 0.25) is 0 Å². The van der Waals surface area contributed by atoms with Crippen molar-refractivity contribution in [3.63, 3.8) is 0 Å². The Morgan fingerprint density at radius 2 is 1.79 bits per heavy atom. The third-order valence-corrected chi connectivity index (χ3v) is 5.40. The van der Waals surface area contributed by atoms with Gasteiger partial charge in [0.05, 0.1) is 22.1 Å². The number of halogens is 2. The Morgan fingerprint density at radius 3 is 2.41 bits per heavy atom. The summed E-state index contributed by atoms with van der Waals surface area (Å²) in [7, 11) is 1.18. The predicted octanol–water partition coefficient (Wildman–Crippen LogP) is 4.78. The first kappa shape index (κ1) is 21.2. The lowest BCUT2D eigenvalue weighted by Crippen LogP contribution is -2.34. The van der Waals surface area contributed by atoms with Crippen molar-refractivity contribution in [2.24, 2.45) is 0 Å². The molecule has 3 rings (SSSR count). The third kappa shape index (κ3) is 5.12. The molecule has 0 aliphatic carbocycles. The Morgan fingerprint density at radius 1 is 1.14 bits per heavy atom. The van der Waals surface area contributed by atoms with E-state index in [2.05, 4.69) is 4.74 Å². The molecule has 1 fully saturated rings. The first-order valence-corrected chi connectivity index (χ1v) is 9.94. The van der Waals surface area contributed by atoms with Crippen LogP contribution in [-0.2, 0) is 20.9 Å². The molecule has 150 valence electrons. The van der Waals surface area contributed by atoms with Crippen LogP contribution in [-0.4, -0.2) is 35.7 Å². The highest BCUT2D eigenvalue weighted by atomic mass is 35.5. The van der Waals surface area contributed by atoms with Crippen molar-refractivity contribution >= 4 is 58.2 Å². The van der Waals surface area contributed by atoms with Crippen molar-refractivity contribution < 1.29 is 23.9 Å². The number of thioether (sulfide) groups is 1. The minimum atomic E-state index is -0.681. The van der Waals surface area contributed by atoms with E-state index in [-0.39, 0.29) is 15.0 Å². The number of carbonyl (C=O) groups excluding carboxylic acids is 3. The molecule has 0 N–H and O–H groups in total. The number of rotatable bonds is 6. The second-order valence-electron chi connectivity index (χ2n) is 5.93. The molecular weight excluding hydrogens is 437 g/mol. The fourth-order valence-electron chi connectivity index (χ4n) is 2.51. The lowest BCUT2D eigenvalue weighted by Gasteiger charge is -2.11. The van der Waals surface area contributed by atoms with Crippen LogP contribution in [0.1, 0.15) is 11.1 Å². The number of methoxy groups -OCH3 is 1. The summed E-state index contributed by atoms with van der Waals surface area (Å²) in [6.07, 6.45) is 1.49. The van der Waals surface area contributed by atoms with Gasteiger partial charge in [-0.25, -0.2) is 0 Å². The number of hydrogen-bond donors (Lipinski definition) is 0. The van der Waals surface area contributed by atoms with Gasteiger partial charge < -0.3 is 9.47 Å². The molecule has 1 aliphatic rings. The van der Waals surface area contributed by atoms with Gasteiger partial charge in [-0.3, -0.25) is 19.3 Å². The molecule has 1 aliphatic heterocycles. The van der Waals surface area contributed by atoms with Crippen molar-refractivity contribution in [2.45, 2.75) is 6.61 Å². The van der Waals surface area contributed by atoms with Crippen molar-refractivity contribution in [3.05, 3.63) is 68.5 Å². The molecule has 0 atom stereocenters. The number of amides is 2. The van der Waals surface area contributed by atoms with E-state index in [4.69, 9.17) is 27.9 Å². The van der Waals surface area contributed by atoms with Crippen LogP contribution < -0.4 is 4.74 Å². The van der Waals surface area contributed by atoms with Crippen LogP contribution in [0.4, 0.5) is 4.79 Å². The SMILES string of the molecule is COC(=O)CN1C(=O)S/C(=C\c2cc(Cl)c(OCc3ccccc3)c(Cl)c2)C1=O. The summed E-state index contributed by atoms with van der Waals surface area (Å²) in [5.41, 5.74) is 1.48. The van der Waals surface area contributed by atoms with Crippen LogP contribution in [0.15, 0.2) is 47.4 Å². The average Bonchev–Trinajstić information content (AvgIpc) is 2.95. The zero-order valence-corrected chi connectivity index (χ0v) is 17.5. The highest BCUT2D eigenvalue weighted by Gasteiger charge is 2.36. The summed E-state index contributed by atoms with van der Waals surface area (Å²) in [6.45, 7) is -0.141. The zero-order chi connectivity index (χ0) is 21.0. The van der Waals surface area contributed by atoms with Crippen LogP contribution in [0.25, 0.3) is 6.08 Å². The van der Waals surface area contributed by atoms with Crippen molar-refractivity contribution in [3.8, 4) is 5.75 Å². The van der Waals surface area contributed by atoms with E-state index in [1.54, 1.807) is 12.1 Å². The average molecular weight is 452 g/mol. The summed E-state index contributed by atoms with van der Waals surface area (Å²) in [6, 6.07) is 12.7. The lowest BCUT2D eigenvalue weighted by atomic mass is 10.2. The number of imide groups is 1. The predicted molar refractivity (Wildman–Crippen MR) is 112 cm³/mol. The molecule has 0 unspecified atom stereocenters.